The standard InChI is InChI=1S/C15H21FO/c1-11(2)9-12-10-13(16)7-8-15(12)17-14-5-3-4-6-14/h7-8,10-11,14H,3-6,9H2,1-2H3. The Labute approximate surface area is 103 Å². The van der Waals surface area contributed by atoms with Gasteiger partial charge in [-0.05, 0) is 61.8 Å². The topological polar surface area (TPSA) is 9.23 Å². The lowest BCUT2D eigenvalue weighted by molar-refractivity contribution is 0.207. The molecular weight excluding hydrogens is 215 g/mol. The summed E-state index contributed by atoms with van der Waals surface area (Å²) in [5.74, 6) is 1.23. The van der Waals surface area contributed by atoms with Crippen molar-refractivity contribution in [2.45, 2.75) is 52.1 Å². The average Bonchev–Trinajstić information content (AvgIpc) is 2.74. The Kier molecular flexibility index (Phi) is 4.03. The SMILES string of the molecule is CC(C)Cc1cc(F)ccc1OC1CCCC1. The summed E-state index contributed by atoms with van der Waals surface area (Å²) in [6, 6.07) is 4.89. The summed E-state index contributed by atoms with van der Waals surface area (Å²) >= 11 is 0. The highest BCUT2D eigenvalue weighted by molar-refractivity contribution is 5.34. The van der Waals surface area contributed by atoms with E-state index in [9.17, 15) is 4.39 Å². The number of rotatable bonds is 4. The molecule has 1 aromatic carbocycles. The van der Waals surface area contributed by atoms with Gasteiger partial charge in [-0.25, -0.2) is 4.39 Å². The Morgan fingerprint density at radius 1 is 1.29 bits per heavy atom. The van der Waals surface area contributed by atoms with Gasteiger partial charge in [0, 0.05) is 0 Å². The second kappa shape index (κ2) is 5.52. The molecule has 0 radical (unpaired) electrons. The van der Waals surface area contributed by atoms with E-state index in [1.807, 2.05) is 0 Å². The molecule has 1 aliphatic carbocycles. The van der Waals surface area contributed by atoms with Crippen molar-refractivity contribution in [1.29, 1.82) is 0 Å². The van der Waals surface area contributed by atoms with Gasteiger partial charge in [0.1, 0.15) is 11.6 Å². The molecule has 1 aromatic rings. The van der Waals surface area contributed by atoms with Gasteiger partial charge >= 0.3 is 0 Å². The van der Waals surface area contributed by atoms with Crippen LogP contribution in [0.3, 0.4) is 0 Å². The Bertz CT molecular complexity index is 367. The number of halogens is 1. The van der Waals surface area contributed by atoms with E-state index in [4.69, 9.17) is 4.74 Å². The van der Waals surface area contributed by atoms with Gasteiger partial charge < -0.3 is 4.74 Å². The molecule has 94 valence electrons. The zero-order chi connectivity index (χ0) is 12.3. The molecule has 0 amide bonds. The molecule has 2 rings (SSSR count). The van der Waals surface area contributed by atoms with E-state index in [1.165, 1.54) is 18.9 Å². The van der Waals surface area contributed by atoms with Gasteiger partial charge in [0.2, 0.25) is 0 Å². The largest absolute Gasteiger partial charge is 0.490 e. The van der Waals surface area contributed by atoms with Gasteiger partial charge in [0.05, 0.1) is 6.10 Å². The second-order valence-electron chi connectivity index (χ2n) is 5.37. The van der Waals surface area contributed by atoms with Crippen LogP contribution in [-0.4, -0.2) is 6.10 Å². The fraction of sp³-hybridized carbons (Fsp3) is 0.600. The minimum Gasteiger partial charge on any atom is -0.490 e. The van der Waals surface area contributed by atoms with Gasteiger partial charge in [-0.2, -0.15) is 0 Å². The van der Waals surface area contributed by atoms with E-state index < -0.39 is 0 Å². The van der Waals surface area contributed by atoms with E-state index in [0.29, 0.717) is 12.0 Å². The van der Waals surface area contributed by atoms with Gasteiger partial charge in [-0.3, -0.25) is 0 Å². The molecule has 0 spiro atoms. The lowest BCUT2D eigenvalue weighted by Gasteiger charge is -2.17. The summed E-state index contributed by atoms with van der Waals surface area (Å²) in [6.45, 7) is 4.29. The van der Waals surface area contributed by atoms with Crippen molar-refractivity contribution in [3.05, 3.63) is 29.6 Å². The molecule has 1 aliphatic rings. The molecule has 1 saturated carbocycles. The number of hydrogen-bond donors (Lipinski definition) is 0. The normalized spacial score (nSPS) is 16.7. The van der Waals surface area contributed by atoms with Crippen molar-refractivity contribution in [2.24, 2.45) is 5.92 Å². The number of hydrogen-bond acceptors (Lipinski definition) is 1. The summed E-state index contributed by atoms with van der Waals surface area (Å²) in [5.41, 5.74) is 1.01. The van der Waals surface area contributed by atoms with E-state index >= 15 is 0 Å². The van der Waals surface area contributed by atoms with Crippen LogP contribution < -0.4 is 4.74 Å². The smallest absolute Gasteiger partial charge is 0.123 e. The maximum atomic E-state index is 13.3. The zero-order valence-electron chi connectivity index (χ0n) is 10.7. The maximum Gasteiger partial charge on any atom is 0.123 e. The van der Waals surface area contributed by atoms with Crippen molar-refractivity contribution in [1.82, 2.24) is 0 Å². The Balaban J connectivity index is 2.13. The second-order valence-corrected chi connectivity index (χ2v) is 5.37. The monoisotopic (exact) mass is 236 g/mol. The van der Waals surface area contributed by atoms with Crippen LogP contribution in [0, 0.1) is 11.7 Å². The summed E-state index contributed by atoms with van der Waals surface area (Å²) in [6.07, 6.45) is 6.00. The van der Waals surface area contributed by atoms with Crippen LogP contribution in [0.4, 0.5) is 4.39 Å². The van der Waals surface area contributed by atoms with Crippen LogP contribution in [0.2, 0.25) is 0 Å². The van der Waals surface area contributed by atoms with Crippen LogP contribution in [0.25, 0.3) is 0 Å². The van der Waals surface area contributed by atoms with Crippen LogP contribution in [0.5, 0.6) is 5.75 Å². The van der Waals surface area contributed by atoms with Crippen LogP contribution in [0.15, 0.2) is 18.2 Å². The zero-order valence-corrected chi connectivity index (χ0v) is 10.7. The van der Waals surface area contributed by atoms with E-state index in [-0.39, 0.29) is 5.82 Å². The third-order valence-corrected chi connectivity index (χ3v) is 3.25. The molecule has 1 fully saturated rings. The van der Waals surface area contributed by atoms with Crippen LogP contribution in [0.1, 0.15) is 45.1 Å². The van der Waals surface area contributed by atoms with Crippen LogP contribution in [-0.2, 0) is 6.42 Å². The molecule has 17 heavy (non-hydrogen) atoms. The fourth-order valence-corrected chi connectivity index (χ4v) is 2.45. The average molecular weight is 236 g/mol. The van der Waals surface area contributed by atoms with E-state index in [0.717, 1.165) is 30.6 Å². The summed E-state index contributed by atoms with van der Waals surface area (Å²) in [4.78, 5) is 0. The maximum absolute atomic E-state index is 13.3. The molecule has 1 nitrogen and oxygen atoms in total. The Morgan fingerprint density at radius 3 is 2.65 bits per heavy atom. The highest BCUT2D eigenvalue weighted by Crippen LogP contribution is 2.28. The molecule has 0 N–H and O–H groups in total. The molecule has 2 heteroatoms. The predicted octanol–water partition coefficient (Wildman–Crippen LogP) is 4.35. The van der Waals surface area contributed by atoms with Gasteiger partial charge in [-0.15, -0.1) is 0 Å². The highest BCUT2D eigenvalue weighted by atomic mass is 19.1. The number of ether oxygens (including phenoxy) is 1. The first kappa shape index (κ1) is 12.4. The van der Waals surface area contributed by atoms with Gasteiger partial charge in [-0.1, -0.05) is 13.8 Å². The molecular formula is C15H21FO. The first-order chi connectivity index (χ1) is 8.15. The van der Waals surface area contributed by atoms with Crippen molar-refractivity contribution >= 4 is 0 Å². The third kappa shape index (κ3) is 3.45. The Hall–Kier alpha value is -1.05. The quantitative estimate of drug-likeness (QED) is 0.755. The molecule has 0 aliphatic heterocycles. The summed E-state index contributed by atoms with van der Waals surface area (Å²) < 4.78 is 19.3. The summed E-state index contributed by atoms with van der Waals surface area (Å²) in [5, 5.41) is 0. The van der Waals surface area contributed by atoms with Gasteiger partial charge in [0.15, 0.2) is 0 Å². The van der Waals surface area contributed by atoms with E-state index in [2.05, 4.69) is 13.8 Å². The van der Waals surface area contributed by atoms with Crippen molar-refractivity contribution in [3.63, 3.8) is 0 Å². The van der Waals surface area contributed by atoms with Crippen molar-refractivity contribution in [2.75, 3.05) is 0 Å². The minimum atomic E-state index is -0.167. The molecule has 0 saturated heterocycles. The first-order valence-electron chi connectivity index (χ1n) is 6.60. The van der Waals surface area contributed by atoms with Gasteiger partial charge in [0.25, 0.3) is 0 Å². The Morgan fingerprint density at radius 2 is 2.00 bits per heavy atom. The molecule has 0 heterocycles. The molecule has 0 unspecified atom stereocenters. The predicted molar refractivity (Wildman–Crippen MR) is 67.8 cm³/mol. The first-order valence-corrected chi connectivity index (χ1v) is 6.60. The summed E-state index contributed by atoms with van der Waals surface area (Å²) in [7, 11) is 0. The van der Waals surface area contributed by atoms with E-state index in [1.54, 1.807) is 12.1 Å². The highest BCUT2D eigenvalue weighted by Gasteiger charge is 2.18. The fourth-order valence-electron chi connectivity index (χ4n) is 2.45. The third-order valence-electron chi connectivity index (χ3n) is 3.25. The molecule has 0 atom stereocenters. The van der Waals surface area contributed by atoms with Crippen molar-refractivity contribution in [3.8, 4) is 5.75 Å². The van der Waals surface area contributed by atoms with Crippen molar-refractivity contribution < 1.29 is 9.13 Å². The van der Waals surface area contributed by atoms with Crippen LogP contribution >= 0.6 is 0 Å². The lowest BCUT2D eigenvalue weighted by Crippen LogP contribution is -2.12. The minimum absolute atomic E-state index is 0.167. The molecule has 0 aromatic heterocycles. The molecule has 0 bridgehead atoms. The number of benzene rings is 1. The lowest BCUT2D eigenvalue weighted by atomic mass is 10.0.